The molecule has 0 unspecified atom stereocenters. The molecule has 0 fully saturated rings. The number of aryl methyl sites for hydroxylation is 2. The van der Waals surface area contributed by atoms with Crippen molar-refractivity contribution in [1.82, 2.24) is 0 Å². The van der Waals surface area contributed by atoms with Gasteiger partial charge in [0.25, 0.3) is 5.91 Å². The van der Waals surface area contributed by atoms with Crippen LogP contribution in [0.5, 0.6) is 11.5 Å². The quantitative estimate of drug-likeness (QED) is 0.917. The van der Waals surface area contributed by atoms with Crippen molar-refractivity contribution in [2.45, 2.75) is 20.8 Å². The molecule has 0 aliphatic heterocycles. The molecule has 0 aliphatic rings. The minimum atomic E-state index is -0.200. The Labute approximate surface area is 131 Å². The number of hydrogen-bond acceptors (Lipinski definition) is 3. The Hall–Kier alpha value is -2.49. The number of benzene rings is 2. The summed E-state index contributed by atoms with van der Waals surface area (Å²) < 4.78 is 10.8. The summed E-state index contributed by atoms with van der Waals surface area (Å²) in [5.74, 6) is 1.28. The van der Waals surface area contributed by atoms with E-state index in [9.17, 15) is 4.79 Å². The van der Waals surface area contributed by atoms with E-state index in [-0.39, 0.29) is 12.5 Å². The molecule has 0 aromatic heterocycles. The Morgan fingerprint density at radius 1 is 1.09 bits per heavy atom. The van der Waals surface area contributed by atoms with Gasteiger partial charge >= 0.3 is 0 Å². The van der Waals surface area contributed by atoms with Gasteiger partial charge in [-0.05, 0) is 49.6 Å². The fourth-order valence-electron chi connectivity index (χ4n) is 2.18. The highest BCUT2D eigenvalue weighted by molar-refractivity contribution is 5.92. The zero-order chi connectivity index (χ0) is 16.1. The number of rotatable bonds is 5. The van der Waals surface area contributed by atoms with Crippen molar-refractivity contribution in [2.75, 3.05) is 19.0 Å². The van der Waals surface area contributed by atoms with Gasteiger partial charge in [0.1, 0.15) is 11.5 Å². The Kier molecular flexibility index (Phi) is 5.04. The van der Waals surface area contributed by atoms with Gasteiger partial charge in [0.15, 0.2) is 6.61 Å². The van der Waals surface area contributed by atoms with Crippen LogP contribution >= 0.6 is 0 Å². The summed E-state index contributed by atoms with van der Waals surface area (Å²) in [5, 5.41) is 2.80. The molecule has 22 heavy (non-hydrogen) atoms. The fraction of sp³-hybridized carbons (Fsp3) is 0.278. The van der Waals surface area contributed by atoms with E-state index in [2.05, 4.69) is 5.32 Å². The second-order valence-electron chi connectivity index (χ2n) is 5.22. The number of carbonyl (C=O) groups excluding carboxylic acids is 1. The summed E-state index contributed by atoms with van der Waals surface area (Å²) in [5.41, 5.74) is 3.92. The van der Waals surface area contributed by atoms with E-state index in [4.69, 9.17) is 9.47 Å². The average molecular weight is 299 g/mol. The molecule has 0 bridgehead atoms. The van der Waals surface area contributed by atoms with Crippen molar-refractivity contribution in [3.8, 4) is 11.5 Å². The van der Waals surface area contributed by atoms with Crippen molar-refractivity contribution in [1.29, 1.82) is 0 Å². The lowest BCUT2D eigenvalue weighted by atomic mass is 10.1. The molecule has 0 spiro atoms. The first-order valence-corrected chi connectivity index (χ1v) is 7.14. The maximum atomic E-state index is 12.0. The topological polar surface area (TPSA) is 47.6 Å². The van der Waals surface area contributed by atoms with E-state index in [1.807, 2.05) is 51.1 Å². The van der Waals surface area contributed by atoms with Gasteiger partial charge in [0.05, 0.1) is 7.11 Å². The van der Waals surface area contributed by atoms with Crippen LogP contribution in [0.3, 0.4) is 0 Å². The SMILES string of the molecule is COc1cccc(NC(=O)COc2c(C)ccc(C)c2C)c1. The molecule has 2 aromatic rings. The van der Waals surface area contributed by atoms with Gasteiger partial charge < -0.3 is 14.8 Å². The van der Waals surface area contributed by atoms with Crippen molar-refractivity contribution in [2.24, 2.45) is 0 Å². The third-order valence-electron chi connectivity index (χ3n) is 3.57. The third-order valence-corrected chi connectivity index (χ3v) is 3.57. The molecule has 4 heteroatoms. The Morgan fingerprint density at radius 2 is 1.82 bits per heavy atom. The van der Waals surface area contributed by atoms with Gasteiger partial charge in [0, 0.05) is 11.8 Å². The van der Waals surface area contributed by atoms with Crippen LogP contribution in [0.25, 0.3) is 0 Å². The lowest BCUT2D eigenvalue weighted by Gasteiger charge is -2.14. The second kappa shape index (κ2) is 6.98. The summed E-state index contributed by atoms with van der Waals surface area (Å²) in [7, 11) is 1.59. The van der Waals surface area contributed by atoms with Crippen LogP contribution in [-0.4, -0.2) is 19.6 Å². The number of nitrogens with one attached hydrogen (secondary N) is 1. The maximum absolute atomic E-state index is 12.0. The van der Waals surface area contributed by atoms with Crippen LogP contribution in [0, 0.1) is 20.8 Å². The second-order valence-corrected chi connectivity index (χ2v) is 5.22. The summed E-state index contributed by atoms with van der Waals surface area (Å²) in [6.45, 7) is 5.97. The summed E-state index contributed by atoms with van der Waals surface area (Å²) in [6.07, 6.45) is 0. The minimum absolute atomic E-state index is 0.0255. The number of hydrogen-bond donors (Lipinski definition) is 1. The predicted molar refractivity (Wildman–Crippen MR) is 87.8 cm³/mol. The highest BCUT2D eigenvalue weighted by Crippen LogP contribution is 2.25. The van der Waals surface area contributed by atoms with Crippen molar-refractivity contribution >= 4 is 11.6 Å². The first-order chi connectivity index (χ1) is 10.5. The molecule has 0 saturated carbocycles. The molecule has 0 atom stereocenters. The van der Waals surface area contributed by atoms with Crippen LogP contribution in [0.15, 0.2) is 36.4 Å². The molecule has 0 saturated heterocycles. The van der Waals surface area contributed by atoms with Gasteiger partial charge in [-0.2, -0.15) is 0 Å². The molecular weight excluding hydrogens is 278 g/mol. The van der Waals surface area contributed by atoms with E-state index in [0.29, 0.717) is 11.4 Å². The zero-order valence-electron chi connectivity index (χ0n) is 13.4. The van der Waals surface area contributed by atoms with Gasteiger partial charge in [0.2, 0.25) is 0 Å². The lowest BCUT2D eigenvalue weighted by Crippen LogP contribution is -2.20. The van der Waals surface area contributed by atoms with Crippen LogP contribution in [0.1, 0.15) is 16.7 Å². The molecular formula is C18H21NO3. The van der Waals surface area contributed by atoms with E-state index in [1.165, 1.54) is 0 Å². The fourth-order valence-corrected chi connectivity index (χ4v) is 2.18. The Morgan fingerprint density at radius 3 is 2.55 bits per heavy atom. The normalized spacial score (nSPS) is 10.2. The number of anilines is 1. The molecule has 1 amide bonds. The summed E-state index contributed by atoms with van der Waals surface area (Å²) in [6, 6.07) is 11.3. The third kappa shape index (κ3) is 3.79. The van der Waals surface area contributed by atoms with Crippen LogP contribution < -0.4 is 14.8 Å². The predicted octanol–water partition coefficient (Wildman–Crippen LogP) is 3.64. The number of carbonyl (C=O) groups is 1. The van der Waals surface area contributed by atoms with Crippen LogP contribution in [0.2, 0.25) is 0 Å². The Bertz CT molecular complexity index is 680. The summed E-state index contributed by atoms with van der Waals surface area (Å²) >= 11 is 0. The standard InChI is InChI=1S/C18H21NO3/c1-12-8-9-13(2)18(14(12)3)22-11-17(20)19-15-6-5-7-16(10-15)21-4/h5-10H,11H2,1-4H3,(H,19,20). The highest BCUT2D eigenvalue weighted by Gasteiger charge is 2.09. The molecule has 2 rings (SSSR count). The molecule has 116 valence electrons. The summed E-state index contributed by atoms with van der Waals surface area (Å²) in [4.78, 5) is 12.0. The van der Waals surface area contributed by atoms with Crippen molar-refractivity contribution < 1.29 is 14.3 Å². The molecule has 4 nitrogen and oxygen atoms in total. The molecule has 0 radical (unpaired) electrons. The van der Waals surface area contributed by atoms with Crippen molar-refractivity contribution in [3.63, 3.8) is 0 Å². The zero-order valence-corrected chi connectivity index (χ0v) is 13.4. The number of ether oxygens (including phenoxy) is 2. The first-order valence-electron chi connectivity index (χ1n) is 7.14. The van der Waals surface area contributed by atoms with Gasteiger partial charge in [-0.1, -0.05) is 18.2 Å². The van der Waals surface area contributed by atoms with E-state index in [0.717, 1.165) is 22.4 Å². The number of methoxy groups -OCH3 is 1. The molecule has 2 aromatic carbocycles. The van der Waals surface area contributed by atoms with Gasteiger partial charge in [-0.25, -0.2) is 0 Å². The van der Waals surface area contributed by atoms with Crippen LogP contribution in [0.4, 0.5) is 5.69 Å². The largest absolute Gasteiger partial charge is 0.497 e. The Balaban J connectivity index is 2.00. The maximum Gasteiger partial charge on any atom is 0.262 e. The van der Waals surface area contributed by atoms with E-state index >= 15 is 0 Å². The van der Waals surface area contributed by atoms with Gasteiger partial charge in [-0.15, -0.1) is 0 Å². The lowest BCUT2D eigenvalue weighted by molar-refractivity contribution is -0.118. The smallest absolute Gasteiger partial charge is 0.262 e. The monoisotopic (exact) mass is 299 g/mol. The van der Waals surface area contributed by atoms with Gasteiger partial charge in [-0.3, -0.25) is 4.79 Å². The van der Waals surface area contributed by atoms with Crippen LogP contribution in [-0.2, 0) is 4.79 Å². The molecule has 0 aliphatic carbocycles. The van der Waals surface area contributed by atoms with Crippen molar-refractivity contribution in [3.05, 3.63) is 53.1 Å². The van der Waals surface area contributed by atoms with E-state index in [1.54, 1.807) is 13.2 Å². The first kappa shape index (κ1) is 15.9. The minimum Gasteiger partial charge on any atom is -0.497 e. The number of amides is 1. The average Bonchev–Trinajstić information content (AvgIpc) is 2.51. The van der Waals surface area contributed by atoms with E-state index < -0.39 is 0 Å². The highest BCUT2D eigenvalue weighted by atomic mass is 16.5. The molecule has 0 heterocycles. The molecule has 1 N–H and O–H groups in total.